The first-order chi connectivity index (χ1) is 9.61. The summed E-state index contributed by atoms with van der Waals surface area (Å²) >= 11 is 0. The molecule has 0 aromatic heterocycles. The minimum absolute atomic E-state index is 0.356. The Bertz CT molecular complexity index is 471. The van der Waals surface area contributed by atoms with Gasteiger partial charge in [0.1, 0.15) is 0 Å². The average Bonchev–Trinajstić information content (AvgIpc) is 2.43. The Hall–Kier alpha value is -1.39. The zero-order chi connectivity index (χ0) is 14.5. The van der Waals surface area contributed by atoms with E-state index >= 15 is 0 Å². The van der Waals surface area contributed by atoms with Gasteiger partial charge in [-0.3, -0.25) is 9.69 Å². The number of amides is 1. The molecule has 1 fully saturated rings. The second-order valence-corrected chi connectivity index (χ2v) is 5.68. The standard InChI is InChI=1S/C16H25N3O/c1-12-9-13(16(17)20)6-7-14(12)11-19-8-4-3-5-15(19)10-18-2/h6-7,9,15,18H,3-5,8,10-11H2,1-2H3,(H2,17,20). The lowest BCUT2D eigenvalue weighted by molar-refractivity contribution is 0.1000. The van der Waals surface area contributed by atoms with Crippen molar-refractivity contribution in [3.8, 4) is 0 Å². The van der Waals surface area contributed by atoms with E-state index in [1.54, 1.807) is 0 Å². The van der Waals surface area contributed by atoms with Gasteiger partial charge in [0.15, 0.2) is 0 Å². The van der Waals surface area contributed by atoms with Crippen LogP contribution in [0, 0.1) is 6.92 Å². The predicted octanol–water partition coefficient (Wildman–Crippen LogP) is 1.67. The lowest BCUT2D eigenvalue weighted by Crippen LogP contribution is -2.44. The van der Waals surface area contributed by atoms with Gasteiger partial charge in [0.25, 0.3) is 0 Å². The molecule has 1 aromatic rings. The molecule has 4 nitrogen and oxygen atoms in total. The minimum Gasteiger partial charge on any atom is -0.366 e. The summed E-state index contributed by atoms with van der Waals surface area (Å²) in [4.78, 5) is 13.7. The number of rotatable bonds is 5. The topological polar surface area (TPSA) is 58.4 Å². The number of primary amides is 1. The molecule has 1 amide bonds. The van der Waals surface area contributed by atoms with Crippen LogP contribution in [-0.4, -0.2) is 37.0 Å². The summed E-state index contributed by atoms with van der Waals surface area (Å²) < 4.78 is 0. The zero-order valence-electron chi connectivity index (χ0n) is 12.5. The molecule has 1 heterocycles. The Kier molecular flexibility index (Phi) is 5.15. The fourth-order valence-corrected chi connectivity index (χ4v) is 2.98. The van der Waals surface area contributed by atoms with Crippen molar-refractivity contribution >= 4 is 5.91 Å². The van der Waals surface area contributed by atoms with Gasteiger partial charge in [-0.15, -0.1) is 0 Å². The monoisotopic (exact) mass is 275 g/mol. The summed E-state index contributed by atoms with van der Waals surface area (Å²) in [6.45, 7) is 5.21. The maximum Gasteiger partial charge on any atom is 0.248 e. The summed E-state index contributed by atoms with van der Waals surface area (Å²) in [5.74, 6) is -0.356. The number of carbonyl (C=O) groups excluding carboxylic acids is 1. The summed E-state index contributed by atoms with van der Waals surface area (Å²) in [5, 5.41) is 3.29. The number of benzene rings is 1. The van der Waals surface area contributed by atoms with Crippen molar-refractivity contribution in [2.75, 3.05) is 20.1 Å². The second kappa shape index (κ2) is 6.86. The van der Waals surface area contributed by atoms with Crippen molar-refractivity contribution in [1.29, 1.82) is 0 Å². The van der Waals surface area contributed by atoms with Crippen LogP contribution in [0.4, 0.5) is 0 Å². The molecule has 0 aliphatic carbocycles. The number of nitrogens with one attached hydrogen (secondary N) is 1. The lowest BCUT2D eigenvalue weighted by atomic mass is 9.99. The highest BCUT2D eigenvalue weighted by molar-refractivity contribution is 5.93. The molecule has 1 unspecified atom stereocenters. The smallest absolute Gasteiger partial charge is 0.248 e. The maximum atomic E-state index is 11.2. The molecular weight excluding hydrogens is 250 g/mol. The van der Waals surface area contributed by atoms with Gasteiger partial charge in [-0.2, -0.15) is 0 Å². The second-order valence-electron chi connectivity index (χ2n) is 5.68. The van der Waals surface area contributed by atoms with Gasteiger partial charge in [-0.25, -0.2) is 0 Å². The van der Waals surface area contributed by atoms with E-state index in [4.69, 9.17) is 5.73 Å². The van der Waals surface area contributed by atoms with Crippen LogP contribution in [0.3, 0.4) is 0 Å². The largest absolute Gasteiger partial charge is 0.366 e. The first-order valence-corrected chi connectivity index (χ1v) is 7.40. The molecule has 0 radical (unpaired) electrons. The number of nitrogens with two attached hydrogens (primary N) is 1. The number of hydrogen-bond donors (Lipinski definition) is 2. The highest BCUT2D eigenvalue weighted by atomic mass is 16.1. The van der Waals surface area contributed by atoms with Gasteiger partial charge in [0, 0.05) is 24.7 Å². The molecule has 1 aromatic carbocycles. The highest BCUT2D eigenvalue weighted by Crippen LogP contribution is 2.21. The number of piperidine rings is 1. The summed E-state index contributed by atoms with van der Waals surface area (Å²) in [5.41, 5.74) is 8.35. The van der Waals surface area contributed by atoms with Gasteiger partial charge in [-0.05, 0) is 56.6 Å². The Morgan fingerprint density at radius 2 is 2.25 bits per heavy atom. The van der Waals surface area contributed by atoms with Crippen molar-refractivity contribution in [1.82, 2.24) is 10.2 Å². The van der Waals surface area contributed by atoms with Crippen LogP contribution < -0.4 is 11.1 Å². The van der Waals surface area contributed by atoms with Gasteiger partial charge in [-0.1, -0.05) is 12.5 Å². The van der Waals surface area contributed by atoms with Crippen molar-refractivity contribution in [3.05, 3.63) is 34.9 Å². The van der Waals surface area contributed by atoms with E-state index < -0.39 is 0 Å². The first-order valence-electron chi connectivity index (χ1n) is 7.40. The zero-order valence-corrected chi connectivity index (χ0v) is 12.5. The van der Waals surface area contributed by atoms with E-state index in [9.17, 15) is 4.79 Å². The third-order valence-corrected chi connectivity index (χ3v) is 4.19. The van der Waals surface area contributed by atoms with Crippen molar-refractivity contribution in [3.63, 3.8) is 0 Å². The molecule has 0 saturated carbocycles. The van der Waals surface area contributed by atoms with Crippen LogP contribution in [0.25, 0.3) is 0 Å². The first kappa shape index (κ1) is 15.0. The fourth-order valence-electron chi connectivity index (χ4n) is 2.98. The summed E-state index contributed by atoms with van der Waals surface area (Å²) in [6.07, 6.45) is 3.86. The van der Waals surface area contributed by atoms with Gasteiger partial charge >= 0.3 is 0 Å². The van der Waals surface area contributed by atoms with Crippen LogP contribution in [0.1, 0.15) is 40.7 Å². The number of hydrogen-bond acceptors (Lipinski definition) is 3. The molecule has 1 aliphatic rings. The molecule has 3 N–H and O–H groups in total. The lowest BCUT2D eigenvalue weighted by Gasteiger charge is -2.36. The SMILES string of the molecule is CNCC1CCCCN1Cc1ccc(C(N)=O)cc1C. The molecule has 2 rings (SSSR count). The van der Waals surface area contributed by atoms with E-state index in [1.165, 1.54) is 24.8 Å². The molecule has 1 atom stereocenters. The molecule has 0 spiro atoms. The summed E-state index contributed by atoms with van der Waals surface area (Å²) in [7, 11) is 2.01. The molecule has 1 saturated heterocycles. The number of likely N-dealkylation sites (tertiary alicyclic amines) is 1. The van der Waals surface area contributed by atoms with E-state index in [-0.39, 0.29) is 5.91 Å². The van der Waals surface area contributed by atoms with E-state index in [0.29, 0.717) is 11.6 Å². The number of carbonyl (C=O) groups is 1. The molecule has 1 aliphatic heterocycles. The minimum atomic E-state index is -0.356. The van der Waals surface area contributed by atoms with Crippen molar-refractivity contribution in [2.45, 2.75) is 38.8 Å². The number of nitrogens with zero attached hydrogens (tertiary/aromatic N) is 1. The molecule has 4 heteroatoms. The van der Waals surface area contributed by atoms with E-state index in [2.05, 4.69) is 17.1 Å². The molecule has 0 bridgehead atoms. The van der Waals surface area contributed by atoms with Crippen LogP contribution in [0.5, 0.6) is 0 Å². The Balaban J connectivity index is 2.09. The quantitative estimate of drug-likeness (QED) is 0.859. The van der Waals surface area contributed by atoms with Crippen LogP contribution in [0.15, 0.2) is 18.2 Å². The Labute approximate surface area is 121 Å². The average molecular weight is 275 g/mol. The molecule has 110 valence electrons. The van der Waals surface area contributed by atoms with Crippen molar-refractivity contribution in [2.24, 2.45) is 5.73 Å². The Morgan fingerprint density at radius 1 is 1.45 bits per heavy atom. The normalized spacial score (nSPS) is 20.0. The van der Waals surface area contributed by atoms with Gasteiger partial charge < -0.3 is 11.1 Å². The molecule has 20 heavy (non-hydrogen) atoms. The predicted molar refractivity (Wildman–Crippen MR) is 81.7 cm³/mol. The van der Waals surface area contributed by atoms with Gasteiger partial charge in [0.05, 0.1) is 0 Å². The summed E-state index contributed by atoms with van der Waals surface area (Å²) in [6, 6.07) is 6.39. The van der Waals surface area contributed by atoms with Crippen LogP contribution in [-0.2, 0) is 6.54 Å². The third kappa shape index (κ3) is 3.58. The van der Waals surface area contributed by atoms with E-state index in [1.807, 2.05) is 25.2 Å². The van der Waals surface area contributed by atoms with Crippen molar-refractivity contribution < 1.29 is 4.79 Å². The number of aryl methyl sites for hydroxylation is 1. The fraction of sp³-hybridized carbons (Fsp3) is 0.562. The van der Waals surface area contributed by atoms with Crippen LogP contribution in [0.2, 0.25) is 0 Å². The third-order valence-electron chi connectivity index (χ3n) is 4.19. The van der Waals surface area contributed by atoms with Gasteiger partial charge in [0.2, 0.25) is 5.91 Å². The Morgan fingerprint density at radius 3 is 2.90 bits per heavy atom. The highest BCUT2D eigenvalue weighted by Gasteiger charge is 2.22. The maximum absolute atomic E-state index is 11.2. The van der Waals surface area contributed by atoms with Crippen LogP contribution >= 0.6 is 0 Å². The molecular formula is C16H25N3O. The number of likely N-dealkylation sites (N-methyl/N-ethyl adjacent to an activating group) is 1. The van der Waals surface area contributed by atoms with E-state index in [0.717, 1.165) is 25.2 Å².